The number of nitrogens with one attached hydrogen (secondary N) is 1. The van der Waals surface area contributed by atoms with Gasteiger partial charge in [-0.25, -0.2) is 9.59 Å². The maximum absolute atomic E-state index is 13.3. The maximum atomic E-state index is 13.3. The Morgan fingerprint density at radius 2 is 1.58 bits per heavy atom. The first-order valence-electron chi connectivity index (χ1n) is 9.53. The summed E-state index contributed by atoms with van der Waals surface area (Å²) in [6.45, 7) is 0. The van der Waals surface area contributed by atoms with Crippen molar-refractivity contribution >= 4 is 29.2 Å². The van der Waals surface area contributed by atoms with Crippen molar-refractivity contribution in [1.29, 1.82) is 0 Å². The summed E-state index contributed by atoms with van der Waals surface area (Å²) in [6.07, 6.45) is -8.91. The molecule has 2 amide bonds. The first-order chi connectivity index (χ1) is 14.8. The van der Waals surface area contributed by atoms with Gasteiger partial charge < -0.3 is 30.5 Å². The Morgan fingerprint density at radius 3 is 2.29 bits per heavy atom. The van der Waals surface area contributed by atoms with E-state index in [0.717, 1.165) is 0 Å². The van der Waals surface area contributed by atoms with Crippen LogP contribution in [0.3, 0.4) is 0 Å². The second-order valence-corrected chi connectivity index (χ2v) is 7.32. The highest BCUT2D eigenvalue weighted by molar-refractivity contribution is 6.12. The molecule has 2 aliphatic rings. The number of aliphatic carboxylic acids is 1. The van der Waals surface area contributed by atoms with Crippen molar-refractivity contribution in [3.63, 3.8) is 0 Å². The lowest BCUT2D eigenvalue weighted by molar-refractivity contribution is -0.231. The molecule has 0 aliphatic carbocycles. The van der Waals surface area contributed by atoms with Crippen LogP contribution >= 0.6 is 0 Å². The molecule has 0 radical (unpaired) electrons. The van der Waals surface area contributed by atoms with Gasteiger partial charge >= 0.3 is 12.0 Å². The van der Waals surface area contributed by atoms with Gasteiger partial charge in [-0.3, -0.25) is 9.69 Å². The Labute approximate surface area is 176 Å². The predicted molar refractivity (Wildman–Crippen MR) is 106 cm³/mol. The van der Waals surface area contributed by atoms with Crippen LogP contribution in [0, 0.1) is 0 Å². The van der Waals surface area contributed by atoms with Crippen molar-refractivity contribution < 1.29 is 39.5 Å². The van der Waals surface area contributed by atoms with Crippen LogP contribution in [0.1, 0.15) is 15.9 Å². The molecule has 1 saturated heterocycles. The molecule has 0 spiro atoms. The van der Waals surface area contributed by atoms with Gasteiger partial charge in [0, 0.05) is 12.0 Å². The molecule has 31 heavy (non-hydrogen) atoms. The lowest BCUT2D eigenvalue weighted by Crippen LogP contribution is -2.64. The van der Waals surface area contributed by atoms with E-state index >= 15 is 0 Å². The van der Waals surface area contributed by atoms with Crippen LogP contribution in [-0.4, -0.2) is 68.9 Å². The van der Waals surface area contributed by atoms with Crippen molar-refractivity contribution in [3.8, 4) is 0 Å². The number of anilines is 2. The number of carbonyl (C=O) groups excluding carboxylic acids is 2. The van der Waals surface area contributed by atoms with Crippen LogP contribution in [0.25, 0.3) is 0 Å². The minimum Gasteiger partial charge on any atom is -0.479 e. The third kappa shape index (κ3) is 3.66. The molecule has 1 fully saturated rings. The van der Waals surface area contributed by atoms with Gasteiger partial charge in [-0.15, -0.1) is 0 Å². The van der Waals surface area contributed by atoms with Crippen molar-refractivity contribution in [3.05, 3.63) is 59.7 Å². The fraction of sp³-hybridized carbons (Fsp3) is 0.286. The third-order valence-electron chi connectivity index (χ3n) is 5.35. The lowest BCUT2D eigenvalue weighted by atomic mass is 9.98. The zero-order valence-electron chi connectivity index (χ0n) is 16.1. The summed E-state index contributed by atoms with van der Waals surface area (Å²) >= 11 is 0. The number of rotatable bonds is 2. The predicted octanol–water partition coefficient (Wildman–Crippen LogP) is 0.165. The summed E-state index contributed by atoms with van der Waals surface area (Å²) in [5.74, 6) is -1.74. The molecule has 0 aromatic heterocycles. The number of urea groups is 1. The van der Waals surface area contributed by atoms with Crippen molar-refractivity contribution in [1.82, 2.24) is 5.32 Å². The smallest absolute Gasteiger partial charge is 0.335 e. The molecular weight excluding hydrogens is 408 g/mol. The number of benzene rings is 2. The summed E-state index contributed by atoms with van der Waals surface area (Å²) < 4.78 is 5.15. The van der Waals surface area contributed by atoms with Gasteiger partial charge in [0.2, 0.25) is 0 Å². The molecule has 162 valence electrons. The van der Waals surface area contributed by atoms with Gasteiger partial charge in [-0.1, -0.05) is 30.3 Å². The molecule has 0 bridgehead atoms. The highest BCUT2D eigenvalue weighted by atomic mass is 16.6. The van der Waals surface area contributed by atoms with E-state index in [1.807, 2.05) is 0 Å². The van der Waals surface area contributed by atoms with E-state index in [4.69, 9.17) is 4.74 Å². The SMILES string of the molecule is O=C1Cc2ccccc2N(C(=O)NC2OC(C(=O)O)C(O)C(O)C2O)c2ccccc21. The fourth-order valence-electron chi connectivity index (χ4n) is 3.79. The normalized spacial score (nSPS) is 27.6. The van der Waals surface area contributed by atoms with E-state index in [0.29, 0.717) is 22.5 Å². The average molecular weight is 428 g/mol. The molecule has 5 atom stereocenters. The zero-order valence-corrected chi connectivity index (χ0v) is 16.1. The first-order valence-corrected chi connectivity index (χ1v) is 9.53. The topological polar surface area (TPSA) is 157 Å². The maximum Gasteiger partial charge on any atom is 0.335 e. The molecule has 4 rings (SSSR count). The molecule has 2 aliphatic heterocycles. The number of carboxylic acids is 1. The van der Waals surface area contributed by atoms with E-state index in [-0.39, 0.29) is 12.2 Å². The Bertz CT molecular complexity index is 1040. The number of carboxylic acid groups (broad SMARTS) is 1. The quantitative estimate of drug-likeness (QED) is 0.453. The standard InChI is InChI=1S/C21H20N2O8/c24-14-9-10-5-1-3-7-12(10)23(13-8-4-2-6-11(13)14)21(30)22-19-17(27)15(25)16(26)18(31-19)20(28)29/h1-8,15-19,25-27H,9H2,(H,22,30)(H,28,29). The first kappa shape index (κ1) is 20.9. The van der Waals surface area contributed by atoms with Gasteiger partial charge in [-0.2, -0.15) is 0 Å². The van der Waals surface area contributed by atoms with E-state index in [1.54, 1.807) is 48.5 Å². The van der Waals surface area contributed by atoms with Crippen LogP contribution in [0.4, 0.5) is 16.2 Å². The number of amides is 2. The van der Waals surface area contributed by atoms with E-state index in [1.165, 1.54) is 4.90 Å². The van der Waals surface area contributed by atoms with Crippen molar-refractivity contribution in [2.45, 2.75) is 37.1 Å². The minimum absolute atomic E-state index is 0.0749. The number of Topliss-reactive ketones (excluding diaryl/α,β-unsaturated/α-hetero) is 1. The zero-order chi connectivity index (χ0) is 22.3. The van der Waals surface area contributed by atoms with Gasteiger partial charge in [0.25, 0.3) is 0 Å². The van der Waals surface area contributed by atoms with Crippen LogP contribution in [-0.2, 0) is 16.0 Å². The van der Waals surface area contributed by atoms with Gasteiger partial charge in [-0.05, 0) is 23.8 Å². The highest BCUT2D eigenvalue weighted by Crippen LogP contribution is 2.36. The van der Waals surface area contributed by atoms with Crippen molar-refractivity contribution in [2.75, 3.05) is 4.90 Å². The molecule has 0 saturated carbocycles. The van der Waals surface area contributed by atoms with Gasteiger partial charge in [0.05, 0.1) is 11.4 Å². The summed E-state index contributed by atoms with van der Waals surface area (Å²) in [6, 6.07) is 12.5. The molecule has 2 aromatic rings. The number of hydrogen-bond donors (Lipinski definition) is 5. The number of ether oxygens (including phenoxy) is 1. The monoisotopic (exact) mass is 428 g/mol. The summed E-state index contributed by atoms with van der Waals surface area (Å²) in [4.78, 5) is 38.6. The van der Waals surface area contributed by atoms with Crippen LogP contribution in [0.5, 0.6) is 0 Å². The van der Waals surface area contributed by atoms with E-state index < -0.39 is 42.6 Å². The Hall–Kier alpha value is -3.31. The second kappa shape index (κ2) is 8.08. The third-order valence-corrected chi connectivity index (χ3v) is 5.35. The number of fused-ring (bicyclic) bond motifs is 2. The van der Waals surface area contributed by atoms with Crippen molar-refractivity contribution in [2.24, 2.45) is 0 Å². The molecule has 2 aromatic carbocycles. The number of hydrogen-bond acceptors (Lipinski definition) is 7. The molecular formula is C21H20N2O8. The molecule has 2 heterocycles. The fourth-order valence-corrected chi connectivity index (χ4v) is 3.79. The van der Waals surface area contributed by atoms with Gasteiger partial charge in [0.1, 0.15) is 18.3 Å². The summed E-state index contributed by atoms with van der Waals surface area (Å²) in [5, 5.41) is 41.6. The largest absolute Gasteiger partial charge is 0.479 e. The number of nitrogens with zero attached hydrogens (tertiary/aromatic N) is 1. The molecule has 10 nitrogen and oxygen atoms in total. The summed E-state index contributed by atoms with van der Waals surface area (Å²) in [7, 11) is 0. The minimum atomic E-state index is -1.88. The van der Waals surface area contributed by atoms with E-state index in [2.05, 4.69) is 5.32 Å². The number of carbonyl (C=O) groups is 3. The van der Waals surface area contributed by atoms with E-state index in [9.17, 15) is 34.8 Å². The number of aliphatic hydroxyl groups excluding tert-OH is 3. The van der Waals surface area contributed by atoms with Crippen LogP contribution in [0.15, 0.2) is 48.5 Å². The Balaban J connectivity index is 1.71. The number of aliphatic hydroxyl groups is 3. The highest BCUT2D eigenvalue weighted by Gasteiger charge is 2.48. The number of ketones is 1. The molecule has 5 unspecified atom stereocenters. The lowest BCUT2D eigenvalue weighted by Gasteiger charge is -2.39. The Morgan fingerprint density at radius 1 is 0.935 bits per heavy atom. The number of para-hydroxylation sites is 2. The molecule has 5 N–H and O–H groups in total. The van der Waals surface area contributed by atoms with Crippen LogP contribution < -0.4 is 10.2 Å². The molecule has 10 heteroatoms. The summed E-state index contributed by atoms with van der Waals surface area (Å²) in [5.41, 5.74) is 1.65. The van der Waals surface area contributed by atoms with Gasteiger partial charge in [0.15, 0.2) is 18.1 Å². The second-order valence-electron chi connectivity index (χ2n) is 7.32. The average Bonchev–Trinajstić information content (AvgIpc) is 2.87. The van der Waals surface area contributed by atoms with Crippen LogP contribution in [0.2, 0.25) is 0 Å². The Kier molecular flexibility index (Phi) is 5.46.